The number of nitrogens with zero attached hydrogens (tertiary/aromatic N) is 5. The van der Waals surface area contributed by atoms with E-state index in [0.29, 0.717) is 53.7 Å². The van der Waals surface area contributed by atoms with Crippen LogP contribution in [0.3, 0.4) is 0 Å². The summed E-state index contributed by atoms with van der Waals surface area (Å²) in [6.07, 6.45) is 4.82. The predicted octanol–water partition coefficient (Wildman–Crippen LogP) is 4.96. The normalized spacial score (nSPS) is 23.3. The molecule has 10 nitrogen and oxygen atoms in total. The number of anilines is 1. The first-order valence-electron chi connectivity index (χ1n) is 13.5. The van der Waals surface area contributed by atoms with Crippen molar-refractivity contribution >= 4 is 34.7 Å². The van der Waals surface area contributed by atoms with Crippen LogP contribution in [0.25, 0.3) is 11.2 Å². The third-order valence-corrected chi connectivity index (χ3v) is 8.17. The number of carbonyl (C=O) groups excluding carboxylic acids is 1. The number of amides is 1. The molecule has 2 aliphatic heterocycles. The predicted molar refractivity (Wildman–Crippen MR) is 149 cm³/mol. The third-order valence-electron chi connectivity index (χ3n) is 7.81. The standard InChI is InChI=1S/C28H36ClFN6O4/c1-26(2,3)40-25(37)35-10-8-28(9-11-35)12-21(27(4,38)14-39-15-28)36-17-34-22-23(32-16-33-24(22)36)31-13-18-19(29)6-5-7-20(18)30/h5-7,16-17,21,38H,8-15H2,1-4H3,(H,31,32,33)/t21-,27-/m1/s1. The number of hydrogen-bond acceptors (Lipinski definition) is 8. The van der Waals surface area contributed by atoms with Crippen LogP contribution in [0.15, 0.2) is 30.9 Å². The fraction of sp³-hybridized carbons (Fsp3) is 0.571. The number of rotatable bonds is 4. The second kappa shape index (κ2) is 10.8. The van der Waals surface area contributed by atoms with Crippen molar-refractivity contribution in [3.63, 3.8) is 0 Å². The molecule has 2 aromatic heterocycles. The molecule has 2 atom stereocenters. The number of ether oxygens (including phenoxy) is 2. The van der Waals surface area contributed by atoms with Crippen molar-refractivity contribution in [3.05, 3.63) is 47.3 Å². The van der Waals surface area contributed by atoms with Crippen LogP contribution in [0.2, 0.25) is 5.02 Å². The van der Waals surface area contributed by atoms with Gasteiger partial charge in [0.1, 0.15) is 28.9 Å². The van der Waals surface area contributed by atoms with E-state index in [2.05, 4.69) is 20.3 Å². The lowest BCUT2D eigenvalue weighted by atomic mass is 9.72. The maximum atomic E-state index is 14.3. The first-order valence-corrected chi connectivity index (χ1v) is 13.9. The van der Waals surface area contributed by atoms with E-state index in [9.17, 15) is 14.3 Å². The van der Waals surface area contributed by atoms with Gasteiger partial charge < -0.3 is 29.4 Å². The number of aliphatic hydroxyl groups is 1. The lowest BCUT2D eigenvalue weighted by molar-refractivity contribution is -0.0533. The van der Waals surface area contributed by atoms with Gasteiger partial charge in [0.05, 0.1) is 25.6 Å². The van der Waals surface area contributed by atoms with Crippen LogP contribution in [0.4, 0.5) is 15.0 Å². The van der Waals surface area contributed by atoms with Gasteiger partial charge in [0, 0.05) is 30.2 Å². The molecule has 40 heavy (non-hydrogen) atoms. The number of hydrogen-bond donors (Lipinski definition) is 2. The molecule has 0 bridgehead atoms. The second-order valence-electron chi connectivity index (χ2n) is 12.1. The highest BCUT2D eigenvalue weighted by Gasteiger charge is 2.47. The van der Waals surface area contributed by atoms with Crippen LogP contribution in [-0.2, 0) is 16.0 Å². The molecule has 12 heteroatoms. The molecule has 4 heterocycles. The van der Waals surface area contributed by atoms with Gasteiger partial charge in [0.25, 0.3) is 0 Å². The van der Waals surface area contributed by atoms with Gasteiger partial charge in [0.2, 0.25) is 0 Å². The van der Waals surface area contributed by atoms with E-state index in [1.165, 1.54) is 12.4 Å². The van der Waals surface area contributed by atoms with E-state index in [4.69, 9.17) is 21.1 Å². The van der Waals surface area contributed by atoms with Crippen molar-refractivity contribution in [1.29, 1.82) is 0 Å². The molecule has 2 saturated heterocycles. The smallest absolute Gasteiger partial charge is 0.410 e. The molecule has 1 spiro atoms. The van der Waals surface area contributed by atoms with Crippen LogP contribution in [0, 0.1) is 11.2 Å². The number of benzene rings is 1. The van der Waals surface area contributed by atoms with Crippen LogP contribution < -0.4 is 5.32 Å². The highest BCUT2D eigenvalue weighted by molar-refractivity contribution is 6.31. The SMILES string of the molecule is CC(C)(C)OC(=O)N1CCC2(CC1)COC[C@@](C)(O)[C@H](n1cnc3c(NCc4c(F)cccc4Cl)ncnc31)C2. The molecule has 216 valence electrons. The van der Waals surface area contributed by atoms with Gasteiger partial charge in [-0.3, -0.25) is 0 Å². The van der Waals surface area contributed by atoms with Crippen molar-refractivity contribution in [2.24, 2.45) is 5.41 Å². The number of aromatic nitrogens is 4. The van der Waals surface area contributed by atoms with E-state index < -0.39 is 23.1 Å². The van der Waals surface area contributed by atoms with Gasteiger partial charge in [-0.05, 0) is 64.5 Å². The molecular weight excluding hydrogens is 539 g/mol. The Morgan fingerprint density at radius 1 is 1.25 bits per heavy atom. The summed E-state index contributed by atoms with van der Waals surface area (Å²) < 4.78 is 27.8. The van der Waals surface area contributed by atoms with Gasteiger partial charge in [-0.1, -0.05) is 17.7 Å². The summed E-state index contributed by atoms with van der Waals surface area (Å²) in [5.41, 5.74) is -0.607. The number of piperidine rings is 1. The molecular formula is C28H36ClFN6O4. The number of halogens is 2. The van der Waals surface area contributed by atoms with Crippen LogP contribution >= 0.6 is 11.6 Å². The monoisotopic (exact) mass is 574 g/mol. The van der Waals surface area contributed by atoms with Gasteiger partial charge in [-0.25, -0.2) is 24.1 Å². The third kappa shape index (κ3) is 5.87. The summed E-state index contributed by atoms with van der Waals surface area (Å²) in [6, 6.07) is 4.16. The van der Waals surface area contributed by atoms with Gasteiger partial charge in [-0.15, -0.1) is 0 Å². The number of fused-ring (bicyclic) bond motifs is 1. The molecule has 1 aromatic carbocycles. The van der Waals surface area contributed by atoms with E-state index in [0.717, 1.165) is 12.8 Å². The van der Waals surface area contributed by atoms with Crippen LogP contribution in [0.5, 0.6) is 0 Å². The van der Waals surface area contributed by atoms with Crippen molar-refractivity contribution in [2.75, 3.05) is 31.6 Å². The van der Waals surface area contributed by atoms with Crippen molar-refractivity contribution in [3.8, 4) is 0 Å². The Bertz CT molecular complexity index is 1360. The minimum absolute atomic E-state index is 0.122. The molecule has 1 amide bonds. The molecule has 3 aromatic rings. The number of likely N-dealkylation sites (tertiary alicyclic amines) is 1. The molecule has 0 saturated carbocycles. The summed E-state index contributed by atoms with van der Waals surface area (Å²) in [4.78, 5) is 27.8. The highest BCUT2D eigenvalue weighted by atomic mass is 35.5. The van der Waals surface area contributed by atoms with E-state index in [1.807, 2.05) is 25.3 Å². The average Bonchev–Trinajstić information content (AvgIpc) is 3.25. The molecule has 5 rings (SSSR count). The van der Waals surface area contributed by atoms with Crippen molar-refractivity contribution < 1.29 is 23.8 Å². The van der Waals surface area contributed by atoms with Gasteiger partial charge >= 0.3 is 6.09 Å². The van der Waals surface area contributed by atoms with Crippen LogP contribution in [0.1, 0.15) is 58.6 Å². The number of nitrogens with one attached hydrogen (secondary N) is 1. The summed E-state index contributed by atoms with van der Waals surface area (Å²) in [7, 11) is 0. The molecule has 2 aliphatic rings. The highest BCUT2D eigenvalue weighted by Crippen LogP contribution is 2.46. The Morgan fingerprint density at radius 2 is 2.00 bits per heavy atom. The zero-order chi connectivity index (χ0) is 28.7. The molecule has 2 N–H and O–H groups in total. The quantitative estimate of drug-likeness (QED) is 0.449. The average molecular weight is 575 g/mol. The maximum Gasteiger partial charge on any atom is 0.410 e. The first-order chi connectivity index (χ1) is 18.9. The van der Waals surface area contributed by atoms with E-state index >= 15 is 0 Å². The largest absolute Gasteiger partial charge is 0.444 e. The van der Waals surface area contributed by atoms with Crippen molar-refractivity contribution in [2.45, 2.75) is 70.7 Å². The second-order valence-corrected chi connectivity index (χ2v) is 12.5. The number of imidazole rings is 1. The maximum absolute atomic E-state index is 14.3. The minimum Gasteiger partial charge on any atom is -0.444 e. The topological polar surface area (TPSA) is 115 Å². The van der Waals surface area contributed by atoms with Gasteiger partial charge in [0.15, 0.2) is 11.5 Å². The summed E-state index contributed by atoms with van der Waals surface area (Å²) in [5.74, 6) is 0.0290. The van der Waals surface area contributed by atoms with E-state index in [1.54, 1.807) is 30.3 Å². The molecule has 0 aliphatic carbocycles. The Hall–Kier alpha value is -3.02. The zero-order valence-electron chi connectivity index (χ0n) is 23.3. The summed E-state index contributed by atoms with van der Waals surface area (Å²) >= 11 is 6.19. The number of carbonyl (C=O) groups is 1. The Balaban J connectivity index is 1.38. The van der Waals surface area contributed by atoms with Crippen molar-refractivity contribution in [1.82, 2.24) is 24.4 Å². The summed E-state index contributed by atoms with van der Waals surface area (Å²) in [6.45, 7) is 9.19. The first kappa shape index (κ1) is 28.5. The fourth-order valence-corrected chi connectivity index (χ4v) is 5.81. The zero-order valence-corrected chi connectivity index (χ0v) is 24.0. The van der Waals surface area contributed by atoms with Crippen LogP contribution in [-0.4, -0.2) is 73.1 Å². The Labute approximate surface area is 237 Å². The Kier molecular flexibility index (Phi) is 7.66. The fourth-order valence-electron chi connectivity index (χ4n) is 5.58. The molecule has 0 radical (unpaired) electrons. The lowest BCUT2D eigenvalue weighted by Gasteiger charge is -2.43. The molecule has 0 unspecified atom stereocenters. The summed E-state index contributed by atoms with van der Waals surface area (Å²) in [5, 5.41) is 15.0. The van der Waals surface area contributed by atoms with Gasteiger partial charge in [-0.2, -0.15) is 0 Å². The lowest BCUT2D eigenvalue weighted by Crippen LogP contribution is -2.47. The molecule has 2 fully saturated rings. The van der Waals surface area contributed by atoms with E-state index in [-0.39, 0.29) is 24.7 Å². The Morgan fingerprint density at radius 3 is 2.70 bits per heavy atom. The minimum atomic E-state index is -1.20.